The Balaban J connectivity index is 0.968. The molecule has 0 unspecified atom stereocenters. The SMILES string of the molecule is O=C(Nc1ccc(-c2[nH]c3ccc(NC(=O)[C@@H]4CCCN4C(=O)OCc4ccccc4)cc3c2-c2ccccc2)cc1)[C@@H]1CCCN1C(=O)OCc1ccccc1. The van der Waals surface area contributed by atoms with E-state index in [4.69, 9.17) is 9.47 Å². The average molecular weight is 762 g/mol. The van der Waals surface area contributed by atoms with Crippen LogP contribution in [0.4, 0.5) is 21.0 Å². The number of nitrogens with zero attached hydrogens (tertiary/aromatic N) is 2. The Morgan fingerprint density at radius 1 is 0.579 bits per heavy atom. The number of aromatic nitrogens is 1. The number of aromatic amines is 1. The monoisotopic (exact) mass is 761 g/mol. The molecule has 0 saturated carbocycles. The Labute approximate surface area is 330 Å². The van der Waals surface area contributed by atoms with E-state index in [9.17, 15) is 19.2 Å². The van der Waals surface area contributed by atoms with E-state index in [1.54, 1.807) is 0 Å². The van der Waals surface area contributed by atoms with Gasteiger partial charge >= 0.3 is 12.2 Å². The van der Waals surface area contributed by atoms with E-state index in [1.165, 1.54) is 9.80 Å². The summed E-state index contributed by atoms with van der Waals surface area (Å²) in [5.74, 6) is -0.519. The number of anilines is 2. The highest BCUT2D eigenvalue weighted by Crippen LogP contribution is 2.40. The van der Waals surface area contributed by atoms with Gasteiger partial charge in [0.05, 0.1) is 5.69 Å². The molecule has 4 amide bonds. The van der Waals surface area contributed by atoms with Gasteiger partial charge in [-0.1, -0.05) is 103 Å². The van der Waals surface area contributed by atoms with Gasteiger partial charge in [-0.25, -0.2) is 9.59 Å². The Hall–Kier alpha value is -6.88. The maximum atomic E-state index is 13.6. The smallest absolute Gasteiger partial charge is 0.410 e. The number of fused-ring (bicyclic) bond motifs is 1. The molecule has 0 bridgehead atoms. The molecule has 1 aromatic heterocycles. The van der Waals surface area contributed by atoms with E-state index < -0.39 is 24.3 Å². The number of benzene rings is 5. The van der Waals surface area contributed by atoms with Crippen molar-refractivity contribution in [3.05, 3.63) is 145 Å². The first kappa shape index (κ1) is 37.1. The van der Waals surface area contributed by atoms with Crippen LogP contribution in [0.3, 0.4) is 0 Å². The third-order valence-electron chi connectivity index (χ3n) is 10.6. The number of carbonyl (C=O) groups is 4. The molecule has 0 aliphatic carbocycles. The van der Waals surface area contributed by atoms with Crippen LogP contribution in [-0.4, -0.2) is 64.0 Å². The lowest BCUT2D eigenvalue weighted by Gasteiger charge is -2.23. The fourth-order valence-electron chi connectivity index (χ4n) is 7.68. The third-order valence-corrected chi connectivity index (χ3v) is 10.6. The fraction of sp³-hybridized carbons (Fsp3) is 0.217. The van der Waals surface area contributed by atoms with E-state index in [0.29, 0.717) is 50.1 Å². The molecular formula is C46H43N5O6. The zero-order chi connectivity index (χ0) is 39.1. The fourth-order valence-corrected chi connectivity index (χ4v) is 7.68. The standard InChI is InChI=1S/C46H43N5O6/c52-43(39-18-10-26-50(39)45(54)56-29-31-12-4-1-5-13-31)47-35-22-20-34(21-23-35)42-41(33-16-8-3-9-17-33)37-28-36(24-25-38(37)49-42)48-44(53)40-19-11-27-51(40)46(55)57-30-32-14-6-2-7-15-32/h1-9,12-17,20-25,28,39-40,49H,10-11,18-19,26-27,29-30H2,(H,47,52)(H,48,53)/t39-,40-/m0/s1. The maximum absolute atomic E-state index is 13.6. The second kappa shape index (κ2) is 16.9. The van der Waals surface area contributed by atoms with Gasteiger partial charge in [-0.05, 0) is 78.3 Å². The Bertz CT molecular complexity index is 2370. The van der Waals surface area contributed by atoms with Gasteiger partial charge in [-0.2, -0.15) is 0 Å². The van der Waals surface area contributed by atoms with Crippen molar-refractivity contribution in [1.29, 1.82) is 0 Å². The predicted molar refractivity (Wildman–Crippen MR) is 219 cm³/mol. The number of amides is 4. The van der Waals surface area contributed by atoms with Gasteiger partial charge in [0, 0.05) is 40.9 Å². The first-order valence-electron chi connectivity index (χ1n) is 19.3. The van der Waals surface area contributed by atoms with Crippen molar-refractivity contribution in [2.24, 2.45) is 0 Å². The number of rotatable bonds is 10. The molecule has 288 valence electrons. The summed E-state index contributed by atoms with van der Waals surface area (Å²) in [6.45, 7) is 1.20. The molecule has 8 rings (SSSR count). The number of carbonyl (C=O) groups excluding carboxylic acids is 4. The summed E-state index contributed by atoms with van der Waals surface area (Å²) in [6.07, 6.45) is 1.54. The molecule has 11 nitrogen and oxygen atoms in total. The molecule has 3 N–H and O–H groups in total. The summed E-state index contributed by atoms with van der Waals surface area (Å²) in [5, 5.41) is 6.97. The summed E-state index contributed by atoms with van der Waals surface area (Å²) in [4.78, 5) is 59.6. The minimum Gasteiger partial charge on any atom is -0.445 e. The average Bonchev–Trinajstić information content (AvgIpc) is 4.03. The molecule has 2 atom stereocenters. The topological polar surface area (TPSA) is 133 Å². The zero-order valence-electron chi connectivity index (χ0n) is 31.4. The maximum Gasteiger partial charge on any atom is 0.410 e. The second-order valence-electron chi connectivity index (χ2n) is 14.3. The van der Waals surface area contributed by atoms with Crippen molar-refractivity contribution >= 4 is 46.3 Å². The van der Waals surface area contributed by atoms with Gasteiger partial charge in [0.2, 0.25) is 11.8 Å². The molecular weight excluding hydrogens is 719 g/mol. The van der Waals surface area contributed by atoms with Crippen LogP contribution in [-0.2, 0) is 32.3 Å². The Morgan fingerprint density at radius 2 is 1.07 bits per heavy atom. The molecule has 0 spiro atoms. The van der Waals surface area contributed by atoms with Crippen molar-refractivity contribution in [3.63, 3.8) is 0 Å². The summed E-state index contributed by atoms with van der Waals surface area (Å²) in [7, 11) is 0. The summed E-state index contributed by atoms with van der Waals surface area (Å²) < 4.78 is 11.1. The number of likely N-dealkylation sites (tertiary alicyclic amines) is 2. The van der Waals surface area contributed by atoms with Crippen LogP contribution in [0.1, 0.15) is 36.8 Å². The zero-order valence-corrected chi connectivity index (χ0v) is 31.4. The number of ether oxygens (including phenoxy) is 2. The van der Waals surface area contributed by atoms with Crippen LogP contribution in [0.15, 0.2) is 133 Å². The molecule has 3 heterocycles. The predicted octanol–water partition coefficient (Wildman–Crippen LogP) is 8.98. The lowest BCUT2D eigenvalue weighted by Crippen LogP contribution is -2.43. The summed E-state index contributed by atoms with van der Waals surface area (Å²) in [6, 6.07) is 41.0. The molecule has 2 aliphatic heterocycles. The lowest BCUT2D eigenvalue weighted by molar-refractivity contribution is -0.120. The minimum absolute atomic E-state index is 0.143. The van der Waals surface area contributed by atoms with Crippen molar-refractivity contribution in [1.82, 2.24) is 14.8 Å². The van der Waals surface area contributed by atoms with E-state index in [-0.39, 0.29) is 25.0 Å². The lowest BCUT2D eigenvalue weighted by atomic mass is 9.98. The summed E-state index contributed by atoms with van der Waals surface area (Å²) in [5.41, 5.74) is 7.60. The highest BCUT2D eigenvalue weighted by Gasteiger charge is 2.36. The molecule has 2 saturated heterocycles. The minimum atomic E-state index is -0.636. The van der Waals surface area contributed by atoms with E-state index >= 15 is 0 Å². The number of hydrogen-bond acceptors (Lipinski definition) is 6. The molecule has 57 heavy (non-hydrogen) atoms. The van der Waals surface area contributed by atoms with Gasteiger partial charge in [0.15, 0.2) is 0 Å². The van der Waals surface area contributed by atoms with Crippen LogP contribution >= 0.6 is 0 Å². The Morgan fingerprint density at radius 3 is 1.61 bits per heavy atom. The highest BCUT2D eigenvalue weighted by atomic mass is 16.6. The number of nitrogens with one attached hydrogen (secondary N) is 3. The quantitative estimate of drug-likeness (QED) is 0.128. The van der Waals surface area contributed by atoms with Crippen LogP contribution in [0.5, 0.6) is 0 Å². The molecule has 11 heteroatoms. The largest absolute Gasteiger partial charge is 0.445 e. The van der Waals surface area contributed by atoms with Crippen LogP contribution < -0.4 is 10.6 Å². The molecule has 2 fully saturated rings. The van der Waals surface area contributed by atoms with E-state index in [0.717, 1.165) is 44.4 Å². The third kappa shape index (κ3) is 8.37. The first-order valence-corrected chi connectivity index (χ1v) is 19.3. The van der Waals surface area contributed by atoms with Crippen LogP contribution in [0.2, 0.25) is 0 Å². The van der Waals surface area contributed by atoms with Crippen LogP contribution in [0.25, 0.3) is 33.3 Å². The van der Waals surface area contributed by atoms with Crippen LogP contribution in [0, 0.1) is 0 Å². The van der Waals surface area contributed by atoms with E-state index in [1.807, 2.05) is 133 Å². The van der Waals surface area contributed by atoms with Gasteiger partial charge in [-0.3, -0.25) is 19.4 Å². The number of hydrogen-bond donors (Lipinski definition) is 3. The number of H-pyrrole nitrogens is 1. The Kier molecular flexibility index (Phi) is 11.0. The second-order valence-corrected chi connectivity index (χ2v) is 14.3. The molecule has 0 radical (unpaired) electrons. The molecule has 5 aromatic carbocycles. The van der Waals surface area contributed by atoms with Crippen molar-refractivity contribution in [2.75, 3.05) is 23.7 Å². The first-order chi connectivity index (χ1) is 27.9. The van der Waals surface area contributed by atoms with Gasteiger partial charge in [-0.15, -0.1) is 0 Å². The molecule has 2 aliphatic rings. The van der Waals surface area contributed by atoms with Gasteiger partial charge in [0.25, 0.3) is 0 Å². The van der Waals surface area contributed by atoms with E-state index in [2.05, 4.69) is 15.6 Å². The van der Waals surface area contributed by atoms with Gasteiger partial charge in [0.1, 0.15) is 25.3 Å². The van der Waals surface area contributed by atoms with Crippen molar-refractivity contribution in [2.45, 2.75) is 51.0 Å². The van der Waals surface area contributed by atoms with Crippen molar-refractivity contribution < 1.29 is 28.7 Å². The molecule has 6 aromatic rings. The normalized spacial score (nSPS) is 16.4. The highest BCUT2D eigenvalue weighted by molar-refractivity contribution is 6.07. The summed E-state index contributed by atoms with van der Waals surface area (Å²) >= 11 is 0. The van der Waals surface area contributed by atoms with Crippen molar-refractivity contribution in [3.8, 4) is 22.4 Å². The van der Waals surface area contributed by atoms with Gasteiger partial charge < -0.3 is 25.1 Å².